The van der Waals surface area contributed by atoms with E-state index in [1.165, 1.54) is 4.70 Å². The van der Waals surface area contributed by atoms with Crippen LogP contribution in [0.5, 0.6) is 11.5 Å². The van der Waals surface area contributed by atoms with Crippen molar-refractivity contribution in [3.8, 4) is 21.9 Å². The predicted octanol–water partition coefficient (Wildman–Crippen LogP) is 5.49. The summed E-state index contributed by atoms with van der Waals surface area (Å²) in [6.07, 6.45) is 1.03. The molecule has 0 N–H and O–H groups in total. The van der Waals surface area contributed by atoms with E-state index in [0.29, 0.717) is 12.4 Å². The number of rotatable bonds is 6. The van der Waals surface area contributed by atoms with Gasteiger partial charge in [0.25, 0.3) is 0 Å². The van der Waals surface area contributed by atoms with Gasteiger partial charge >= 0.3 is 10.1 Å². The smallest absolute Gasteiger partial charge is 0.306 e. The Morgan fingerprint density at radius 1 is 0.893 bits per heavy atom. The minimum absolute atomic E-state index is 0.232. The summed E-state index contributed by atoms with van der Waals surface area (Å²) in [7, 11) is -3.61. The van der Waals surface area contributed by atoms with Gasteiger partial charge < -0.3 is 8.92 Å². The van der Waals surface area contributed by atoms with Gasteiger partial charge in [0.2, 0.25) is 0 Å². The summed E-state index contributed by atoms with van der Waals surface area (Å²) in [6, 6.07) is 25.2. The van der Waals surface area contributed by atoms with Crippen molar-refractivity contribution >= 4 is 31.5 Å². The highest BCUT2D eigenvalue weighted by Gasteiger charge is 2.14. The second kappa shape index (κ2) is 7.66. The molecule has 3 aromatic carbocycles. The highest BCUT2D eigenvalue weighted by Crippen LogP contribution is 2.40. The van der Waals surface area contributed by atoms with E-state index in [4.69, 9.17) is 8.92 Å². The van der Waals surface area contributed by atoms with Gasteiger partial charge in [0.1, 0.15) is 18.1 Å². The molecule has 0 fully saturated rings. The average molecular weight is 411 g/mol. The molecule has 4 nitrogen and oxygen atoms in total. The maximum Gasteiger partial charge on any atom is 0.306 e. The van der Waals surface area contributed by atoms with Crippen LogP contribution in [-0.4, -0.2) is 14.7 Å². The van der Waals surface area contributed by atoms with E-state index in [0.717, 1.165) is 27.6 Å². The molecule has 4 rings (SSSR count). The molecule has 142 valence electrons. The lowest BCUT2D eigenvalue weighted by molar-refractivity contribution is 0.306. The second-order valence-electron chi connectivity index (χ2n) is 6.37. The summed E-state index contributed by atoms with van der Waals surface area (Å²) in [5.41, 5.74) is 1.93. The van der Waals surface area contributed by atoms with Gasteiger partial charge in [-0.2, -0.15) is 8.42 Å². The number of hydrogen-bond donors (Lipinski definition) is 0. The number of thiophene rings is 1. The van der Waals surface area contributed by atoms with Gasteiger partial charge in [-0.3, -0.25) is 0 Å². The maximum atomic E-state index is 11.5. The fourth-order valence-electron chi connectivity index (χ4n) is 2.90. The lowest BCUT2D eigenvalue weighted by atomic mass is 10.1. The van der Waals surface area contributed by atoms with Crippen LogP contribution in [0.4, 0.5) is 0 Å². The quantitative estimate of drug-likeness (QED) is 0.395. The van der Waals surface area contributed by atoms with Crippen molar-refractivity contribution < 1.29 is 17.3 Å². The van der Waals surface area contributed by atoms with Gasteiger partial charge in [-0.25, -0.2) is 0 Å². The molecular formula is C22H18O4S2. The molecule has 0 atom stereocenters. The van der Waals surface area contributed by atoms with E-state index >= 15 is 0 Å². The fourth-order valence-corrected chi connectivity index (χ4v) is 4.45. The zero-order chi connectivity index (χ0) is 19.6. The van der Waals surface area contributed by atoms with Gasteiger partial charge in [-0.05, 0) is 35.2 Å². The summed E-state index contributed by atoms with van der Waals surface area (Å²) in [6.45, 7) is 0.376. The monoisotopic (exact) mass is 410 g/mol. The molecule has 0 unspecified atom stereocenters. The van der Waals surface area contributed by atoms with Crippen LogP contribution in [0.1, 0.15) is 5.56 Å². The Bertz CT molecular complexity index is 1180. The molecule has 0 saturated heterocycles. The second-order valence-corrected chi connectivity index (χ2v) is 9.03. The van der Waals surface area contributed by atoms with Gasteiger partial charge in [0.05, 0.1) is 6.26 Å². The molecule has 6 heteroatoms. The summed E-state index contributed by atoms with van der Waals surface area (Å²) in [4.78, 5) is 1.05. The third-order valence-corrected chi connectivity index (χ3v) is 5.77. The summed E-state index contributed by atoms with van der Waals surface area (Å²) >= 11 is 1.67. The first-order valence-corrected chi connectivity index (χ1v) is 11.3. The first-order chi connectivity index (χ1) is 13.5. The van der Waals surface area contributed by atoms with Crippen molar-refractivity contribution in [3.63, 3.8) is 0 Å². The van der Waals surface area contributed by atoms with E-state index in [1.807, 2.05) is 48.5 Å². The van der Waals surface area contributed by atoms with Crippen molar-refractivity contribution in [2.75, 3.05) is 6.26 Å². The Morgan fingerprint density at radius 3 is 2.39 bits per heavy atom. The van der Waals surface area contributed by atoms with Crippen LogP contribution in [0.2, 0.25) is 0 Å². The Balaban J connectivity index is 1.73. The van der Waals surface area contributed by atoms with Crippen LogP contribution < -0.4 is 8.92 Å². The molecule has 4 aromatic rings. The highest BCUT2D eigenvalue weighted by molar-refractivity contribution is 7.86. The van der Waals surface area contributed by atoms with Gasteiger partial charge in [0, 0.05) is 21.2 Å². The third-order valence-electron chi connectivity index (χ3n) is 4.13. The van der Waals surface area contributed by atoms with Crippen LogP contribution in [0.25, 0.3) is 20.5 Å². The molecule has 0 radical (unpaired) electrons. The van der Waals surface area contributed by atoms with Crippen LogP contribution in [-0.2, 0) is 16.7 Å². The Kier molecular flexibility index (Phi) is 5.07. The Morgan fingerprint density at radius 2 is 1.64 bits per heavy atom. The lowest BCUT2D eigenvalue weighted by Crippen LogP contribution is -2.06. The van der Waals surface area contributed by atoms with Crippen molar-refractivity contribution in [1.29, 1.82) is 0 Å². The van der Waals surface area contributed by atoms with E-state index in [9.17, 15) is 8.42 Å². The lowest BCUT2D eigenvalue weighted by Gasteiger charge is -2.13. The number of benzene rings is 3. The van der Waals surface area contributed by atoms with Gasteiger partial charge in [-0.1, -0.05) is 48.5 Å². The van der Waals surface area contributed by atoms with Crippen LogP contribution in [0, 0.1) is 0 Å². The zero-order valence-electron chi connectivity index (χ0n) is 15.2. The summed E-state index contributed by atoms with van der Waals surface area (Å²) < 4.78 is 35.3. The third kappa shape index (κ3) is 4.35. The zero-order valence-corrected chi connectivity index (χ0v) is 16.8. The van der Waals surface area contributed by atoms with E-state index in [1.54, 1.807) is 23.5 Å². The van der Waals surface area contributed by atoms with Gasteiger partial charge in [0.15, 0.2) is 0 Å². The maximum absolute atomic E-state index is 11.5. The molecule has 0 aliphatic rings. The topological polar surface area (TPSA) is 52.6 Å². The number of hydrogen-bond acceptors (Lipinski definition) is 5. The first-order valence-electron chi connectivity index (χ1n) is 8.67. The SMILES string of the molecule is CS(=O)(=O)Oc1ccc(-c2cc3ccccc3s2)c(OCc2ccccc2)c1. The van der Waals surface area contributed by atoms with Crippen molar-refractivity contribution in [2.45, 2.75) is 6.61 Å². The molecule has 0 spiro atoms. The molecule has 0 bridgehead atoms. The Hall–Kier alpha value is -2.83. The van der Waals surface area contributed by atoms with Crippen LogP contribution >= 0.6 is 11.3 Å². The number of ether oxygens (including phenoxy) is 1. The first kappa shape index (κ1) is 18.5. The predicted molar refractivity (Wildman–Crippen MR) is 114 cm³/mol. The average Bonchev–Trinajstić information content (AvgIpc) is 3.10. The van der Waals surface area contributed by atoms with Gasteiger partial charge in [-0.15, -0.1) is 11.3 Å². The van der Waals surface area contributed by atoms with E-state index in [-0.39, 0.29) is 5.75 Å². The van der Waals surface area contributed by atoms with Crippen molar-refractivity contribution in [1.82, 2.24) is 0 Å². The molecule has 0 aliphatic carbocycles. The van der Waals surface area contributed by atoms with Crippen molar-refractivity contribution in [3.05, 3.63) is 84.4 Å². The minimum Gasteiger partial charge on any atom is -0.488 e. The molecule has 1 aromatic heterocycles. The molecule has 0 amide bonds. The van der Waals surface area contributed by atoms with Crippen LogP contribution in [0.3, 0.4) is 0 Å². The molecule has 1 heterocycles. The summed E-state index contributed by atoms with van der Waals surface area (Å²) in [5, 5.41) is 1.16. The van der Waals surface area contributed by atoms with E-state index < -0.39 is 10.1 Å². The molecule has 28 heavy (non-hydrogen) atoms. The molecule has 0 aliphatic heterocycles. The fraction of sp³-hybridized carbons (Fsp3) is 0.0909. The van der Waals surface area contributed by atoms with Crippen LogP contribution in [0.15, 0.2) is 78.9 Å². The largest absolute Gasteiger partial charge is 0.488 e. The standard InChI is InChI=1S/C22H18O4S2/c1-28(23,24)26-18-11-12-19(22-13-17-9-5-6-10-21(17)27-22)20(14-18)25-15-16-7-3-2-4-8-16/h2-14H,15H2,1H3. The molecular weight excluding hydrogens is 392 g/mol. The normalized spacial score (nSPS) is 11.5. The van der Waals surface area contributed by atoms with Crippen molar-refractivity contribution in [2.24, 2.45) is 0 Å². The minimum atomic E-state index is -3.61. The number of fused-ring (bicyclic) bond motifs is 1. The molecule has 0 saturated carbocycles. The Labute approximate surface area is 168 Å². The highest BCUT2D eigenvalue weighted by atomic mass is 32.2. The van der Waals surface area contributed by atoms with E-state index in [2.05, 4.69) is 18.2 Å². The summed E-state index contributed by atoms with van der Waals surface area (Å²) in [5.74, 6) is 0.812.